The van der Waals surface area contributed by atoms with Crippen molar-refractivity contribution in [3.8, 4) is 0 Å². The molecule has 0 saturated carbocycles. The van der Waals surface area contributed by atoms with Gasteiger partial charge in [0.2, 0.25) is 0 Å². The quantitative estimate of drug-likeness (QED) is 0.743. The van der Waals surface area contributed by atoms with E-state index in [1.165, 1.54) is 24.9 Å². The fraction of sp³-hybridized carbons (Fsp3) is 0.545. The lowest BCUT2D eigenvalue weighted by atomic mass is 10.2. The van der Waals surface area contributed by atoms with E-state index in [4.69, 9.17) is 0 Å². The first kappa shape index (κ1) is 9.62. The molecule has 3 nitrogen and oxygen atoms in total. The van der Waals surface area contributed by atoms with Crippen LogP contribution < -0.4 is 10.6 Å². The lowest BCUT2D eigenvalue weighted by molar-refractivity contribution is 0.535. The van der Waals surface area contributed by atoms with Gasteiger partial charge in [0.25, 0.3) is 0 Å². The smallest absolute Gasteiger partial charge is 0.0312 e. The number of pyridine rings is 1. The minimum Gasteiger partial charge on any atom is -0.313 e. The average molecular weight is 191 g/mol. The van der Waals surface area contributed by atoms with Gasteiger partial charge >= 0.3 is 0 Å². The zero-order valence-corrected chi connectivity index (χ0v) is 8.37. The zero-order valence-electron chi connectivity index (χ0n) is 8.37. The monoisotopic (exact) mass is 191 g/mol. The van der Waals surface area contributed by atoms with Gasteiger partial charge in [-0.3, -0.25) is 4.98 Å². The van der Waals surface area contributed by atoms with E-state index < -0.39 is 0 Å². The second-order valence-corrected chi connectivity index (χ2v) is 3.79. The predicted octanol–water partition coefficient (Wildman–Crippen LogP) is 0.923. The maximum absolute atomic E-state index is 4.08. The van der Waals surface area contributed by atoms with E-state index in [0.29, 0.717) is 6.04 Å². The van der Waals surface area contributed by atoms with Gasteiger partial charge in [0.1, 0.15) is 0 Å². The van der Waals surface area contributed by atoms with E-state index in [0.717, 1.165) is 13.1 Å². The molecule has 0 aliphatic carbocycles. The van der Waals surface area contributed by atoms with Crippen LogP contribution in [0.4, 0.5) is 0 Å². The molecule has 2 rings (SSSR count). The van der Waals surface area contributed by atoms with Crippen LogP contribution in [-0.2, 0) is 6.54 Å². The lowest BCUT2D eigenvalue weighted by Gasteiger charge is -2.10. The molecule has 1 saturated heterocycles. The second kappa shape index (κ2) is 5.08. The normalized spacial score (nSPS) is 21.3. The van der Waals surface area contributed by atoms with Crippen molar-refractivity contribution in [2.45, 2.75) is 25.4 Å². The fourth-order valence-corrected chi connectivity index (χ4v) is 1.82. The SMILES string of the molecule is c1cncc(CNC[C@@H]2CCCN2)c1. The van der Waals surface area contributed by atoms with Crippen molar-refractivity contribution in [1.29, 1.82) is 0 Å². The van der Waals surface area contributed by atoms with E-state index in [-0.39, 0.29) is 0 Å². The largest absolute Gasteiger partial charge is 0.313 e. The van der Waals surface area contributed by atoms with Gasteiger partial charge in [-0.05, 0) is 31.0 Å². The van der Waals surface area contributed by atoms with Gasteiger partial charge < -0.3 is 10.6 Å². The summed E-state index contributed by atoms with van der Waals surface area (Å²) in [4.78, 5) is 4.08. The summed E-state index contributed by atoms with van der Waals surface area (Å²) in [6, 6.07) is 4.75. The Kier molecular flexibility index (Phi) is 3.49. The maximum atomic E-state index is 4.08. The third-order valence-corrected chi connectivity index (χ3v) is 2.61. The molecule has 0 amide bonds. The summed E-state index contributed by atoms with van der Waals surface area (Å²) in [5.74, 6) is 0. The molecule has 1 atom stereocenters. The number of nitrogens with one attached hydrogen (secondary N) is 2. The molecule has 0 spiro atoms. The summed E-state index contributed by atoms with van der Waals surface area (Å²) < 4.78 is 0. The average Bonchev–Trinajstić information content (AvgIpc) is 2.72. The highest BCUT2D eigenvalue weighted by Crippen LogP contribution is 2.03. The van der Waals surface area contributed by atoms with Crippen LogP contribution in [0.15, 0.2) is 24.5 Å². The summed E-state index contributed by atoms with van der Waals surface area (Å²) in [7, 11) is 0. The molecule has 76 valence electrons. The van der Waals surface area contributed by atoms with Gasteiger partial charge in [-0.25, -0.2) is 0 Å². The first-order chi connectivity index (χ1) is 6.95. The standard InChI is InChI=1S/C11H17N3/c1-3-10(7-12-5-1)8-13-9-11-4-2-6-14-11/h1,3,5,7,11,13-14H,2,4,6,8-9H2/t11-/m0/s1. The van der Waals surface area contributed by atoms with E-state index in [2.05, 4.69) is 21.7 Å². The van der Waals surface area contributed by atoms with Crippen molar-refractivity contribution in [2.75, 3.05) is 13.1 Å². The van der Waals surface area contributed by atoms with Crippen molar-refractivity contribution in [1.82, 2.24) is 15.6 Å². The van der Waals surface area contributed by atoms with E-state index in [1.807, 2.05) is 18.5 Å². The molecule has 0 radical (unpaired) electrons. The van der Waals surface area contributed by atoms with Gasteiger partial charge in [0, 0.05) is 31.5 Å². The fourth-order valence-electron chi connectivity index (χ4n) is 1.82. The van der Waals surface area contributed by atoms with Gasteiger partial charge in [0.15, 0.2) is 0 Å². The summed E-state index contributed by atoms with van der Waals surface area (Å²) in [5.41, 5.74) is 1.26. The Morgan fingerprint density at radius 1 is 1.57 bits per heavy atom. The Morgan fingerprint density at radius 2 is 2.57 bits per heavy atom. The summed E-state index contributed by atoms with van der Waals surface area (Å²) in [6.45, 7) is 3.17. The molecule has 3 heteroatoms. The van der Waals surface area contributed by atoms with E-state index in [9.17, 15) is 0 Å². The molecule has 1 aliphatic rings. The highest BCUT2D eigenvalue weighted by molar-refractivity contribution is 5.07. The lowest BCUT2D eigenvalue weighted by Crippen LogP contribution is -2.33. The van der Waals surface area contributed by atoms with Crippen LogP contribution in [0.1, 0.15) is 18.4 Å². The molecule has 2 N–H and O–H groups in total. The van der Waals surface area contributed by atoms with Gasteiger partial charge in [-0.15, -0.1) is 0 Å². The Balaban J connectivity index is 1.67. The number of rotatable bonds is 4. The summed E-state index contributed by atoms with van der Waals surface area (Å²) >= 11 is 0. The second-order valence-electron chi connectivity index (χ2n) is 3.79. The Hall–Kier alpha value is -0.930. The van der Waals surface area contributed by atoms with E-state index >= 15 is 0 Å². The van der Waals surface area contributed by atoms with Crippen molar-refractivity contribution in [3.05, 3.63) is 30.1 Å². The van der Waals surface area contributed by atoms with E-state index in [1.54, 1.807) is 0 Å². The van der Waals surface area contributed by atoms with Crippen LogP contribution in [0.3, 0.4) is 0 Å². The Labute approximate surface area is 84.9 Å². The van der Waals surface area contributed by atoms with Crippen LogP contribution in [-0.4, -0.2) is 24.1 Å². The van der Waals surface area contributed by atoms with Crippen LogP contribution in [0.5, 0.6) is 0 Å². The minimum absolute atomic E-state index is 0.673. The summed E-state index contributed by atoms with van der Waals surface area (Å²) in [5, 5.41) is 6.91. The number of hydrogen-bond donors (Lipinski definition) is 2. The number of nitrogens with zero attached hydrogens (tertiary/aromatic N) is 1. The number of aromatic nitrogens is 1. The maximum Gasteiger partial charge on any atom is 0.0312 e. The highest BCUT2D eigenvalue weighted by atomic mass is 15.0. The molecule has 1 aromatic heterocycles. The van der Waals surface area contributed by atoms with Crippen LogP contribution in [0, 0.1) is 0 Å². The molecule has 1 aromatic rings. The van der Waals surface area contributed by atoms with Crippen molar-refractivity contribution >= 4 is 0 Å². The molecule has 1 aliphatic heterocycles. The molecule has 0 aromatic carbocycles. The Morgan fingerprint density at radius 3 is 3.29 bits per heavy atom. The Bertz CT molecular complexity index is 254. The van der Waals surface area contributed by atoms with Crippen LogP contribution >= 0.6 is 0 Å². The minimum atomic E-state index is 0.673. The molecule has 0 unspecified atom stereocenters. The molecule has 14 heavy (non-hydrogen) atoms. The van der Waals surface area contributed by atoms with Crippen LogP contribution in [0.25, 0.3) is 0 Å². The number of hydrogen-bond acceptors (Lipinski definition) is 3. The third kappa shape index (κ3) is 2.79. The molecule has 2 heterocycles. The van der Waals surface area contributed by atoms with Crippen LogP contribution in [0.2, 0.25) is 0 Å². The summed E-state index contributed by atoms with van der Waals surface area (Å²) in [6.07, 6.45) is 6.34. The first-order valence-electron chi connectivity index (χ1n) is 5.28. The third-order valence-electron chi connectivity index (χ3n) is 2.61. The molecule has 1 fully saturated rings. The van der Waals surface area contributed by atoms with Crippen molar-refractivity contribution < 1.29 is 0 Å². The molecular formula is C11H17N3. The van der Waals surface area contributed by atoms with Crippen molar-refractivity contribution in [2.24, 2.45) is 0 Å². The van der Waals surface area contributed by atoms with Gasteiger partial charge in [-0.2, -0.15) is 0 Å². The van der Waals surface area contributed by atoms with Crippen molar-refractivity contribution in [3.63, 3.8) is 0 Å². The zero-order chi connectivity index (χ0) is 9.64. The first-order valence-corrected chi connectivity index (χ1v) is 5.28. The molecule has 0 bridgehead atoms. The highest BCUT2D eigenvalue weighted by Gasteiger charge is 2.12. The molecular weight excluding hydrogens is 174 g/mol. The van der Waals surface area contributed by atoms with Gasteiger partial charge in [-0.1, -0.05) is 6.07 Å². The topological polar surface area (TPSA) is 37.0 Å². The predicted molar refractivity (Wildman–Crippen MR) is 57.0 cm³/mol. The van der Waals surface area contributed by atoms with Gasteiger partial charge in [0.05, 0.1) is 0 Å².